The summed E-state index contributed by atoms with van der Waals surface area (Å²) in [6, 6.07) is 6.88. The molecule has 3 N–H and O–H groups in total. The maximum atomic E-state index is 10.9. The number of hydrogen-bond acceptors (Lipinski definition) is 3. The van der Waals surface area contributed by atoms with Gasteiger partial charge in [-0.05, 0) is 24.1 Å². The number of rotatable bonds is 5. The van der Waals surface area contributed by atoms with Crippen molar-refractivity contribution in [1.82, 2.24) is 4.72 Å². The van der Waals surface area contributed by atoms with Gasteiger partial charge in [-0.25, -0.2) is 5.14 Å². The Hall–Kier alpha value is -1.11. The third-order valence-corrected chi connectivity index (χ3v) is 2.85. The Morgan fingerprint density at radius 3 is 2.31 bits per heavy atom. The van der Waals surface area contributed by atoms with Crippen LogP contribution in [0.4, 0.5) is 0 Å². The summed E-state index contributed by atoms with van der Waals surface area (Å²) in [7, 11) is -2.10. The van der Waals surface area contributed by atoms with Gasteiger partial charge in [0.2, 0.25) is 0 Å². The SMILES string of the molecule is CCC(NS(N)(=O)=O)c1ccc(OC)cc1. The molecular weight excluding hydrogens is 228 g/mol. The van der Waals surface area contributed by atoms with E-state index in [-0.39, 0.29) is 6.04 Å². The van der Waals surface area contributed by atoms with Crippen LogP contribution in [0.25, 0.3) is 0 Å². The van der Waals surface area contributed by atoms with Gasteiger partial charge >= 0.3 is 0 Å². The summed E-state index contributed by atoms with van der Waals surface area (Å²) < 4.78 is 29.3. The maximum absolute atomic E-state index is 10.9. The molecule has 0 spiro atoms. The number of nitrogens with two attached hydrogens (primary N) is 1. The Morgan fingerprint density at radius 2 is 1.94 bits per heavy atom. The summed E-state index contributed by atoms with van der Waals surface area (Å²) in [5, 5.41) is 4.94. The van der Waals surface area contributed by atoms with Crippen LogP contribution in [0.1, 0.15) is 24.9 Å². The van der Waals surface area contributed by atoms with E-state index in [0.717, 1.165) is 11.3 Å². The fraction of sp³-hybridized carbons (Fsp3) is 0.400. The summed E-state index contributed by atoms with van der Waals surface area (Å²) in [6.07, 6.45) is 0.628. The quantitative estimate of drug-likeness (QED) is 0.808. The first-order valence-corrected chi connectivity index (χ1v) is 6.45. The molecule has 0 radical (unpaired) electrons. The zero-order chi connectivity index (χ0) is 12.2. The van der Waals surface area contributed by atoms with E-state index in [9.17, 15) is 8.42 Å². The van der Waals surface area contributed by atoms with Crippen molar-refractivity contribution in [2.24, 2.45) is 5.14 Å². The summed E-state index contributed by atoms with van der Waals surface area (Å²) in [5.41, 5.74) is 0.859. The first-order chi connectivity index (χ1) is 7.46. The predicted molar refractivity (Wildman–Crippen MR) is 62.3 cm³/mol. The van der Waals surface area contributed by atoms with Gasteiger partial charge in [-0.15, -0.1) is 0 Å². The summed E-state index contributed by atoms with van der Waals surface area (Å²) >= 11 is 0. The third kappa shape index (κ3) is 3.80. The van der Waals surface area contributed by atoms with E-state index in [4.69, 9.17) is 9.88 Å². The number of hydrogen-bond donors (Lipinski definition) is 2. The highest BCUT2D eigenvalue weighted by Crippen LogP contribution is 2.20. The second-order valence-electron chi connectivity index (χ2n) is 3.40. The zero-order valence-electron chi connectivity index (χ0n) is 9.30. The lowest BCUT2D eigenvalue weighted by atomic mass is 10.1. The highest BCUT2D eigenvalue weighted by molar-refractivity contribution is 7.87. The van der Waals surface area contributed by atoms with Crippen LogP contribution in [-0.2, 0) is 10.2 Å². The van der Waals surface area contributed by atoms with E-state index in [2.05, 4.69) is 4.72 Å². The smallest absolute Gasteiger partial charge is 0.274 e. The van der Waals surface area contributed by atoms with Gasteiger partial charge in [-0.3, -0.25) is 0 Å². The molecule has 1 aromatic carbocycles. The molecule has 1 rings (SSSR count). The normalized spacial score (nSPS) is 13.4. The topological polar surface area (TPSA) is 81.4 Å². The molecule has 0 saturated heterocycles. The highest BCUT2D eigenvalue weighted by atomic mass is 32.2. The number of ether oxygens (including phenoxy) is 1. The minimum atomic E-state index is -3.68. The van der Waals surface area contributed by atoms with Crippen LogP contribution >= 0.6 is 0 Å². The van der Waals surface area contributed by atoms with Crippen LogP contribution in [0.15, 0.2) is 24.3 Å². The molecule has 0 aliphatic carbocycles. The lowest BCUT2D eigenvalue weighted by Gasteiger charge is -2.15. The Labute approximate surface area is 95.8 Å². The average molecular weight is 244 g/mol. The Balaban J connectivity index is 2.87. The first-order valence-electron chi connectivity index (χ1n) is 4.90. The maximum Gasteiger partial charge on any atom is 0.274 e. The van der Waals surface area contributed by atoms with Crippen molar-refractivity contribution < 1.29 is 13.2 Å². The molecule has 1 unspecified atom stereocenters. The van der Waals surface area contributed by atoms with Gasteiger partial charge in [0, 0.05) is 6.04 Å². The molecular formula is C10H16N2O3S. The van der Waals surface area contributed by atoms with Crippen molar-refractivity contribution in [3.05, 3.63) is 29.8 Å². The van der Waals surface area contributed by atoms with E-state index in [1.54, 1.807) is 19.2 Å². The number of methoxy groups -OCH3 is 1. The van der Waals surface area contributed by atoms with Crippen LogP contribution in [0.2, 0.25) is 0 Å². The number of nitrogens with one attached hydrogen (secondary N) is 1. The molecule has 0 heterocycles. The van der Waals surface area contributed by atoms with Crippen molar-refractivity contribution in [3.63, 3.8) is 0 Å². The van der Waals surface area contributed by atoms with Crippen LogP contribution in [0, 0.1) is 0 Å². The largest absolute Gasteiger partial charge is 0.497 e. The molecule has 90 valence electrons. The van der Waals surface area contributed by atoms with E-state index in [0.29, 0.717) is 6.42 Å². The molecule has 0 aliphatic heterocycles. The monoisotopic (exact) mass is 244 g/mol. The zero-order valence-corrected chi connectivity index (χ0v) is 10.1. The highest BCUT2D eigenvalue weighted by Gasteiger charge is 2.14. The molecule has 0 fully saturated rings. The Kier molecular flexibility index (Phi) is 4.28. The Morgan fingerprint density at radius 1 is 1.38 bits per heavy atom. The molecule has 0 bridgehead atoms. The molecule has 0 amide bonds. The van der Waals surface area contributed by atoms with Crippen LogP contribution in [0.3, 0.4) is 0 Å². The van der Waals surface area contributed by atoms with Gasteiger partial charge in [0.15, 0.2) is 0 Å². The van der Waals surface area contributed by atoms with Gasteiger partial charge in [-0.1, -0.05) is 19.1 Å². The van der Waals surface area contributed by atoms with Crippen molar-refractivity contribution >= 4 is 10.2 Å². The minimum Gasteiger partial charge on any atom is -0.497 e. The lowest BCUT2D eigenvalue weighted by molar-refractivity contribution is 0.414. The van der Waals surface area contributed by atoms with Gasteiger partial charge in [0.1, 0.15) is 5.75 Å². The van der Waals surface area contributed by atoms with E-state index >= 15 is 0 Å². The predicted octanol–water partition coefficient (Wildman–Crippen LogP) is 0.939. The van der Waals surface area contributed by atoms with E-state index in [1.807, 2.05) is 19.1 Å². The molecule has 5 nitrogen and oxygen atoms in total. The minimum absolute atomic E-state index is 0.305. The standard InChI is InChI=1S/C10H16N2O3S/c1-3-10(12-16(11,13)14)8-4-6-9(15-2)7-5-8/h4-7,10,12H,3H2,1-2H3,(H2,11,13,14). The molecule has 0 saturated carbocycles. The molecule has 1 atom stereocenters. The van der Waals surface area contributed by atoms with Gasteiger partial charge in [0.05, 0.1) is 7.11 Å². The molecule has 0 aromatic heterocycles. The fourth-order valence-corrected chi connectivity index (χ4v) is 2.12. The second-order valence-corrected chi connectivity index (χ2v) is 4.72. The molecule has 16 heavy (non-hydrogen) atoms. The Bertz CT molecular complexity index is 428. The van der Waals surface area contributed by atoms with Gasteiger partial charge in [0.25, 0.3) is 10.2 Å². The average Bonchev–Trinajstić information content (AvgIpc) is 2.25. The fourth-order valence-electron chi connectivity index (χ4n) is 1.42. The lowest BCUT2D eigenvalue weighted by Crippen LogP contribution is -2.34. The molecule has 1 aromatic rings. The summed E-state index contributed by atoms with van der Waals surface area (Å²) in [5.74, 6) is 0.731. The van der Waals surface area contributed by atoms with Crippen molar-refractivity contribution in [1.29, 1.82) is 0 Å². The number of benzene rings is 1. The molecule has 0 aliphatic rings. The van der Waals surface area contributed by atoms with Crippen LogP contribution in [0.5, 0.6) is 5.75 Å². The third-order valence-electron chi connectivity index (χ3n) is 2.23. The van der Waals surface area contributed by atoms with Crippen LogP contribution in [-0.4, -0.2) is 15.5 Å². The summed E-state index contributed by atoms with van der Waals surface area (Å²) in [6.45, 7) is 1.88. The van der Waals surface area contributed by atoms with Crippen molar-refractivity contribution in [3.8, 4) is 5.75 Å². The van der Waals surface area contributed by atoms with E-state index < -0.39 is 10.2 Å². The van der Waals surface area contributed by atoms with Gasteiger partial charge < -0.3 is 4.74 Å². The van der Waals surface area contributed by atoms with Crippen LogP contribution < -0.4 is 14.6 Å². The van der Waals surface area contributed by atoms with Crippen molar-refractivity contribution in [2.45, 2.75) is 19.4 Å². The molecule has 6 heteroatoms. The summed E-state index contributed by atoms with van der Waals surface area (Å²) in [4.78, 5) is 0. The van der Waals surface area contributed by atoms with Crippen molar-refractivity contribution in [2.75, 3.05) is 7.11 Å². The second kappa shape index (κ2) is 5.29. The van der Waals surface area contributed by atoms with E-state index in [1.165, 1.54) is 0 Å². The first kappa shape index (κ1) is 13.0. The van der Waals surface area contributed by atoms with Gasteiger partial charge in [-0.2, -0.15) is 13.1 Å².